The molecule has 9 fully saturated rings. The summed E-state index contributed by atoms with van der Waals surface area (Å²) in [5.41, 5.74) is 26.0. The van der Waals surface area contributed by atoms with Gasteiger partial charge in [-0.05, 0) is 195 Å². The molecule has 4 bridgehead atoms. The van der Waals surface area contributed by atoms with Gasteiger partial charge in [-0.25, -0.2) is 29.9 Å². The van der Waals surface area contributed by atoms with Crippen molar-refractivity contribution in [1.82, 2.24) is 81.4 Å². The average molecular weight is 1840 g/mol. The number of fused-ring (bicyclic) bond motifs is 4. The average Bonchev–Trinajstić information content (AvgIpc) is 0.929. The van der Waals surface area contributed by atoms with Crippen molar-refractivity contribution < 1.29 is 49.2 Å². The van der Waals surface area contributed by atoms with E-state index in [-0.39, 0.29) is 110 Å². The molecule has 4 aromatic carbocycles. The molecule has 6 aromatic heterocycles. The van der Waals surface area contributed by atoms with Crippen LogP contribution in [0.5, 0.6) is 11.5 Å². The van der Waals surface area contributed by atoms with Crippen LogP contribution in [0.15, 0.2) is 145 Å². The van der Waals surface area contributed by atoms with Gasteiger partial charge in [0.15, 0.2) is 11.6 Å². The number of nitrogens with two attached hydrogens (primary N) is 2. The number of aliphatic hydroxyl groups excluding tert-OH is 2. The molecule has 34 heteroatoms. The minimum atomic E-state index is -1.11. The lowest BCUT2D eigenvalue weighted by molar-refractivity contribution is -0.148. The molecule has 6 aliphatic heterocycles. The van der Waals surface area contributed by atoms with Crippen LogP contribution in [-0.4, -0.2) is 216 Å². The number of hydrogen-bond acceptors (Lipinski definition) is 28. The number of likely N-dealkylation sites (tertiary alicyclic amines) is 2. The highest BCUT2D eigenvalue weighted by molar-refractivity contribution is 7.13. The fraction of sp³-hybridized carbons (Fsp3) is 0.475. The maximum Gasteiger partial charge on any atom is 0.246 e. The summed E-state index contributed by atoms with van der Waals surface area (Å²) >= 11 is 3.03. The first-order chi connectivity index (χ1) is 64.0. The van der Waals surface area contributed by atoms with E-state index in [0.29, 0.717) is 124 Å². The Morgan fingerprint density at radius 2 is 0.932 bits per heavy atom. The normalized spacial score (nSPS) is 24.8. The van der Waals surface area contributed by atoms with E-state index < -0.39 is 76.8 Å². The van der Waals surface area contributed by atoms with Crippen molar-refractivity contribution in [1.29, 1.82) is 0 Å². The Kier molecular flexibility index (Phi) is 24.9. The van der Waals surface area contributed by atoms with Crippen LogP contribution in [-0.2, 0) is 48.3 Å². The van der Waals surface area contributed by atoms with Crippen LogP contribution in [0.1, 0.15) is 176 Å². The topological polar surface area (TPSA) is 432 Å². The highest BCUT2D eigenvalue weighted by Crippen LogP contribution is 2.64. The monoisotopic (exact) mass is 1840 g/mol. The van der Waals surface area contributed by atoms with E-state index in [2.05, 4.69) is 66.2 Å². The molecule has 133 heavy (non-hydrogen) atoms. The number of para-hydroxylation sites is 2. The zero-order valence-corrected chi connectivity index (χ0v) is 77.4. The maximum atomic E-state index is 15.6. The predicted octanol–water partition coefficient (Wildman–Crippen LogP) is 10.8. The quantitative estimate of drug-likeness (QED) is 0.0241. The number of benzene rings is 4. The van der Waals surface area contributed by atoms with Gasteiger partial charge in [0.05, 0.1) is 67.1 Å². The van der Waals surface area contributed by atoms with E-state index in [9.17, 15) is 39.6 Å². The molecule has 0 radical (unpaired) electrons. The number of β-amino-alcohol motifs (C(OH)–C–C–N with tert-alkyl or cyclic N) is 2. The first kappa shape index (κ1) is 89.8. The molecule has 9 aliphatic rings. The molecule has 3 aliphatic carbocycles. The highest BCUT2D eigenvalue weighted by atomic mass is 32.1. The second-order valence-corrected chi connectivity index (χ2v) is 41.8. The van der Waals surface area contributed by atoms with Crippen LogP contribution >= 0.6 is 22.7 Å². The van der Waals surface area contributed by atoms with Gasteiger partial charge < -0.3 is 82.6 Å². The van der Waals surface area contributed by atoms with E-state index in [1.165, 1.54) is 21.1 Å². The number of aromatic hydroxyl groups is 2. The lowest BCUT2D eigenvalue weighted by Crippen LogP contribution is -2.60. The fourth-order valence-electron chi connectivity index (χ4n) is 22.3. The first-order valence-corrected chi connectivity index (χ1v) is 48.5. The van der Waals surface area contributed by atoms with Crippen LogP contribution in [0.4, 0.5) is 34.9 Å². The number of nitrogen functional groups attached to an aromatic ring is 2. The number of thiazole rings is 2. The van der Waals surface area contributed by atoms with Crippen molar-refractivity contribution in [2.75, 3.05) is 70.3 Å². The summed E-state index contributed by atoms with van der Waals surface area (Å²) in [7, 11) is 0. The zero-order valence-electron chi connectivity index (χ0n) is 75.8. The van der Waals surface area contributed by atoms with Gasteiger partial charge in [-0.1, -0.05) is 107 Å². The van der Waals surface area contributed by atoms with Crippen molar-refractivity contribution in [2.45, 2.75) is 230 Å². The van der Waals surface area contributed by atoms with Crippen LogP contribution < -0.4 is 52.3 Å². The van der Waals surface area contributed by atoms with Crippen LogP contribution in [0.3, 0.4) is 0 Å². The number of aliphatic hydroxyl groups is 2. The van der Waals surface area contributed by atoms with E-state index >= 15 is 9.59 Å². The number of carbonyl (C=O) groups excluding carboxylic acids is 6. The number of nitrogens with zero attached hydrogens (tertiary/aromatic N) is 16. The number of anilines is 6. The summed E-state index contributed by atoms with van der Waals surface area (Å²) in [6.07, 6.45) is 16.4. The molecule has 6 amide bonds. The second kappa shape index (κ2) is 36.9. The smallest absolute Gasteiger partial charge is 0.246 e. The van der Waals surface area contributed by atoms with Crippen LogP contribution in [0.2, 0.25) is 0 Å². The number of piperazine rings is 2. The number of aromatic nitrogens is 10. The second-order valence-electron chi connectivity index (χ2n) is 40.1. The van der Waals surface area contributed by atoms with Gasteiger partial charge in [0.1, 0.15) is 35.7 Å². The Hall–Kier alpha value is -12.4. The molecule has 12 N–H and O–H groups in total. The molecule has 694 valence electrons. The van der Waals surface area contributed by atoms with Crippen molar-refractivity contribution >= 4 is 93.0 Å². The Bertz CT molecular complexity index is 5950. The van der Waals surface area contributed by atoms with Gasteiger partial charge in [-0.3, -0.25) is 28.8 Å². The summed E-state index contributed by atoms with van der Waals surface area (Å²) in [6, 6.07) is 30.2. The molecule has 32 nitrogen and oxygen atoms in total. The third-order valence-corrected chi connectivity index (χ3v) is 31.6. The molecular formula is C99H116N22O10S2. The van der Waals surface area contributed by atoms with Crippen LogP contribution in [0, 0.1) is 35.0 Å². The zero-order chi connectivity index (χ0) is 92.5. The van der Waals surface area contributed by atoms with E-state index in [0.717, 1.165) is 104 Å². The van der Waals surface area contributed by atoms with Gasteiger partial charge in [0, 0.05) is 137 Å². The molecule has 10 atom stereocenters. The first-order valence-electron chi connectivity index (χ1n) is 46.7. The van der Waals surface area contributed by atoms with Crippen molar-refractivity contribution in [3.63, 3.8) is 0 Å². The molecule has 10 aromatic rings. The molecule has 1 spiro atoms. The molecular weight excluding hydrogens is 1720 g/mol. The molecule has 3 saturated carbocycles. The molecule has 19 rings (SSSR count). The Labute approximate surface area is 780 Å². The number of rotatable bonds is 26. The van der Waals surface area contributed by atoms with Gasteiger partial charge in [-0.2, -0.15) is 0 Å². The van der Waals surface area contributed by atoms with Gasteiger partial charge in [0.2, 0.25) is 47.3 Å². The summed E-state index contributed by atoms with van der Waals surface area (Å²) < 4.78 is 0. The SMILES string of the molecule is Cc1ncsc1-c1ccc(CNC(=O)[C@@H]2C[C@@H](O)CN2C(=O)[C@@H](NC(=O)[C@H]2CC[C@@H](c3cnc(N4C5CCC4CN(c4cc(-c6ccccc6O)nnc4N)C5)nc3)CC2)C(C)(C)CCc2ncsc2-c2ccc(CNC(=O)[C@@H]3C[C@@H](O)CN3C(=O)[C@@H](NC(=O)[C@H]3CC4(C3)C[C@H](c3cnc(N5C6CCC5CN(c5cc(-c7ccccc7O)nnc5N)C6)nc3)C4)C(C)(C)C)cc2)cc1. The number of aryl methyl sites for hydroxylation is 2. The summed E-state index contributed by atoms with van der Waals surface area (Å²) in [5.74, 6) is -0.169. The van der Waals surface area contributed by atoms with Gasteiger partial charge >= 0.3 is 0 Å². The number of hydrogen-bond donors (Lipinski definition) is 10. The van der Waals surface area contributed by atoms with Crippen molar-refractivity contribution in [3.05, 3.63) is 179 Å². The summed E-state index contributed by atoms with van der Waals surface area (Å²) in [5, 5.41) is 73.3. The van der Waals surface area contributed by atoms with E-state index in [1.807, 2.05) is 151 Å². The maximum absolute atomic E-state index is 15.6. The van der Waals surface area contributed by atoms with Crippen molar-refractivity contribution in [3.8, 4) is 54.9 Å². The fourth-order valence-corrected chi connectivity index (χ4v) is 23.9. The van der Waals surface area contributed by atoms with Crippen molar-refractivity contribution in [2.24, 2.45) is 28.1 Å². The van der Waals surface area contributed by atoms with Gasteiger partial charge in [-0.15, -0.1) is 43.1 Å². The minimum Gasteiger partial charge on any atom is -0.507 e. The Morgan fingerprint density at radius 3 is 1.40 bits per heavy atom. The Balaban J connectivity index is 0.461. The number of phenolic OH excluding ortho intramolecular Hbond substituents is 2. The summed E-state index contributed by atoms with van der Waals surface area (Å²) in [6.45, 7) is 14.5. The third kappa shape index (κ3) is 18.4. The third-order valence-electron chi connectivity index (χ3n) is 29.7. The highest BCUT2D eigenvalue weighted by Gasteiger charge is 2.57. The molecule has 4 unspecified atom stereocenters. The van der Waals surface area contributed by atoms with E-state index in [4.69, 9.17) is 36.4 Å². The standard InChI is InChI=1S/C99H116N22O10S2/c1-55-83(132-53-108-55)59-19-15-56(16-20-59)41-103-92(129)80-34-71(123)52-119(80)94(131)86(111-89(126)61-25-23-58(24-26-61)64-43-104-95(105-44-64)120-66-27-28-67(120)48-116(47-66)77-35-75(112-114-87(77)100)72-11-7-9-13-81(72)124)98(5,6)32-31-74-84(133-54-109-74)60-21-17-57(18-22-60)42-102-91(128)79-33-70(122)51-118(79)93(130)85(97(2,3)4)110-90(127)63-39-99(40-63)37-62(38-99)65-45-106-96(107-46-65)121-68-29-30-69(121)50-117(49-68)78-36-76(113-115-88(78)101)73-12-8-10-14-82(73)125/h7-22,35-36,43-46,53-54,58,61-63,66-71,79-80,85-86,122-125H,23-34,37-42,47-52H2,1-6H3,(H2,100,114)(H2,101,115)(H,102,128)(H,103,129)(H,110,127)(H,111,126)/t58-,61+,62-,63-,66?,67?,68?,69?,70-,71-,79+,80+,85-,86-,99?/m1/s1. The van der Waals surface area contributed by atoms with Crippen LogP contribution in [0.25, 0.3) is 43.4 Å². The molecule has 12 heterocycles. The number of phenols is 2. The number of carbonyl (C=O) groups is 6. The lowest BCUT2D eigenvalue weighted by atomic mass is 9.47. The lowest BCUT2D eigenvalue weighted by Gasteiger charge is -2.57. The number of amides is 6. The largest absolute Gasteiger partial charge is 0.507 e. The summed E-state index contributed by atoms with van der Waals surface area (Å²) in [4.78, 5) is 132. The number of nitrogens with one attached hydrogen (secondary N) is 4. The Morgan fingerprint density at radius 1 is 0.496 bits per heavy atom. The van der Waals surface area contributed by atoms with E-state index in [1.54, 1.807) is 47.2 Å². The van der Waals surface area contributed by atoms with Gasteiger partial charge in [0.25, 0.3) is 0 Å². The minimum absolute atomic E-state index is 0.0173. The molecule has 6 saturated heterocycles. The predicted molar refractivity (Wildman–Crippen MR) is 507 cm³/mol.